The number of benzene rings is 4. The fraction of sp³-hybridized carbons (Fsp3) is 0.238. The lowest BCUT2D eigenvalue weighted by atomic mass is 9.44. The van der Waals surface area contributed by atoms with Gasteiger partial charge < -0.3 is 9.84 Å². The summed E-state index contributed by atoms with van der Waals surface area (Å²) >= 11 is 13.7. The number of carbonyl (C=O) groups excluding carboxylic acids is 4. The zero-order chi connectivity index (χ0) is 36.6. The maximum absolute atomic E-state index is 15.3. The highest BCUT2D eigenvalue weighted by molar-refractivity contribution is 9.13. The van der Waals surface area contributed by atoms with E-state index in [1.165, 1.54) is 18.1 Å². The molecule has 1 heterocycles. The van der Waals surface area contributed by atoms with Gasteiger partial charge in [0.2, 0.25) is 11.8 Å². The van der Waals surface area contributed by atoms with Crippen LogP contribution in [0.2, 0.25) is 5.02 Å². The van der Waals surface area contributed by atoms with Crippen LogP contribution in [0.5, 0.6) is 11.5 Å². The van der Waals surface area contributed by atoms with E-state index in [1.807, 2.05) is 73.7 Å². The van der Waals surface area contributed by atoms with Gasteiger partial charge in [0.15, 0.2) is 23.1 Å². The Balaban J connectivity index is 1.39. The van der Waals surface area contributed by atoms with Gasteiger partial charge in [-0.2, -0.15) is 0 Å². The summed E-state index contributed by atoms with van der Waals surface area (Å²) in [7, 11) is 1.45. The van der Waals surface area contributed by atoms with Gasteiger partial charge in [-0.3, -0.25) is 19.2 Å². The number of aryl methyl sites for hydroxylation is 1. The second-order valence-electron chi connectivity index (χ2n) is 13.9. The number of fused-ring (bicyclic) bond motifs is 4. The van der Waals surface area contributed by atoms with Crippen molar-refractivity contribution in [3.63, 3.8) is 0 Å². The maximum Gasteiger partial charge on any atom is 0.238 e. The van der Waals surface area contributed by atoms with Crippen molar-refractivity contribution in [3.05, 3.63) is 139 Å². The molecule has 0 bridgehead atoms. The lowest BCUT2D eigenvalue weighted by Gasteiger charge is -2.55. The van der Waals surface area contributed by atoms with E-state index < -0.39 is 35.0 Å². The number of phenols is 1. The summed E-state index contributed by atoms with van der Waals surface area (Å²) in [5, 5.41) is 11.5. The van der Waals surface area contributed by atoms with Crippen LogP contribution in [-0.4, -0.2) is 35.6 Å². The number of halogens is 3. The van der Waals surface area contributed by atoms with Gasteiger partial charge in [-0.25, -0.2) is 4.90 Å². The minimum atomic E-state index is -1.44. The number of rotatable bonds is 5. The number of ether oxygens (including phenoxy) is 1. The smallest absolute Gasteiger partial charge is 0.238 e. The van der Waals surface area contributed by atoms with E-state index in [4.69, 9.17) is 16.3 Å². The highest BCUT2D eigenvalue weighted by Crippen LogP contribution is 2.65. The van der Waals surface area contributed by atoms with Gasteiger partial charge in [-0.15, -0.1) is 0 Å². The van der Waals surface area contributed by atoms with Crippen LogP contribution in [0.15, 0.2) is 112 Å². The first-order valence-corrected chi connectivity index (χ1v) is 19.0. The largest absolute Gasteiger partial charge is 0.503 e. The molecule has 0 spiro atoms. The third-order valence-electron chi connectivity index (χ3n) is 11.5. The third-order valence-corrected chi connectivity index (χ3v) is 14.1. The number of imide groups is 1. The number of hydrogen-bond acceptors (Lipinski definition) is 6. The number of anilines is 1. The Labute approximate surface area is 322 Å². The summed E-state index contributed by atoms with van der Waals surface area (Å²) in [5.74, 6) is -4.78. The Hall–Kier alpha value is -4.31. The fourth-order valence-corrected chi connectivity index (χ4v) is 10.3. The number of Topliss-reactive ketones (excluding diaryl/α,β-unsaturated/α-hetero) is 1. The van der Waals surface area contributed by atoms with E-state index in [9.17, 15) is 14.7 Å². The molecule has 0 unspecified atom stereocenters. The molecule has 262 valence electrons. The first kappa shape index (κ1) is 34.8. The Morgan fingerprint density at radius 1 is 0.885 bits per heavy atom. The average Bonchev–Trinajstić information content (AvgIpc) is 3.42. The summed E-state index contributed by atoms with van der Waals surface area (Å²) in [5.41, 5.74) is 2.79. The number of amides is 2. The van der Waals surface area contributed by atoms with Crippen molar-refractivity contribution in [3.8, 4) is 11.5 Å². The molecular weight excluding hydrogens is 810 g/mol. The molecular formula is C42H32Br2ClNO6. The van der Waals surface area contributed by atoms with Crippen molar-refractivity contribution in [1.82, 2.24) is 0 Å². The summed E-state index contributed by atoms with van der Waals surface area (Å²) < 4.78 is 6.43. The van der Waals surface area contributed by atoms with Crippen molar-refractivity contribution < 1.29 is 29.0 Å². The Bertz CT molecular complexity index is 2270. The molecule has 52 heavy (non-hydrogen) atoms. The van der Waals surface area contributed by atoms with Crippen molar-refractivity contribution in [2.75, 3.05) is 12.0 Å². The second kappa shape index (κ2) is 13.0. The molecule has 2 amide bonds. The first-order chi connectivity index (χ1) is 25.0. The van der Waals surface area contributed by atoms with Gasteiger partial charge >= 0.3 is 0 Å². The number of aromatic hydroxyl groups is 1. The maximum atomic E-state index is 15.3. The van der Waals surface area contributed by atoms with E-state index in [0.717, 1.165) is 11.1 Å². The zero-order valence-electron chi connectivity index (χ0n) is 28.1. The lowest BCUT2D eigenvalue weighted by Crippen LogP contribution is -2.59. The lowest BCUT2D eigenvalue weighted by molar-refractivity contribution is -0.135. The molecule has 10 heteroatoms. The molecule has 8 rings (SSSR count). The minimum Gasteiger partial charge on any atom is -0.503 e. The number of ketones is 2. The monoisotopic (exact) mass is 839 g/mol. The number of allylic oxidation sites excluding steroid dienone is 4. The van der Waals surface area contributed by atoms with Crippen LogP contribution in [0.4, 0.5) is 5.69 Å². The number of carbonyl (C=O) groups is 4. The summed E-state index contributed by atoms with van der Waals surface area (Å²) in [6.07, 6.45) is 3.92. The molecule has 4 aromatic carbocycles. The van der Waals surface area contributed by atoms with Gasteiger partial charge in [-0.05, 0) is 104 Å². The van der Waals surface area contributed by atoms with Crippen molar-refractivity contribution in [2.24, 2.45) is 23.7 Å². The summed E-state index contributed by atoms with van der Waals surface area (Å²) in [6, 6.07) is 25.3. The summed E-state index contributed by atoms with van der Waals surface area (Å²) in [4.78, 5) is 60.5. The zero-order valence-corrected chi connectivity index (χ0v) is 32.0. The minimum absolute atomic E-state index is 0.130. The molecule has 1 aliphatic heterocycles. The third kappa shape index (κ3) is 4.96. The predicted molar refractivity (Wildman–Crippen MR) is 205 cm³/mol. The normalized spacial score (nSPS) is 26.7. The molecule has 6 atom stereocenters. The van der Waals surface area contributed by atoms with Gasteiger partial charge in [0.25, 0.3) is 0 Å². The molecule has 0 radical (unpaired) electrons. The van der Waals surface area contributed by atoms with Crippen molar-refractivity contribution in [2.45, 2.75) is 31.1 Å². The average molecular weight is 842 g/mol. The topological polar surface area (TPSA) is 101 Å². The van der Waals surface area contributed by atoms with Crippen molar-refractivity contribution >= 4 is 78.1 Å². The van der Waals surface area contributed by atoms with Crippen LogP contribution in [-0.2, 0) is 24.6 Å². The standard InChI is InChI=1S/C42H32Br2ClNO6/c1-21-13-14-24(17-31(21)45)46-40(50)26-16-15-25-28(34(26)41(46)51)18-30-38(48)27(22-9-5-3-6-10-22)20-33(47)42(30,23-11-7-4-8-12-23)35(25)29-19-32(52-2)39(49)37(44)36(29)43/h3-15,17,19-20,26,28,30,34-35,49H,16,18H2,1-2H3/t26-,28+,30-,34-,35+,42-/m0/s1. The Morgan fingerprint density at radius 3 is 2.25 bits per heavy atom. The molecule has 3 aliphatic carbocycles. The van der Waals surface area contributed by atoms with Crippen LogP contribution in [0, 0.1) is 30.6 Å². The van der Waals surface area contributed by atoms with Gasteiger partial charge in [0.05, 0.1) is 34.5 Å². The number of methoxy groups -OCH3 is 1. The van der Waals surface area contributed by atoms with E-state index in [-0.39, 0.29) is 47.7 Å². The van der Waals surface area contributed by atoms with Crippen LogP contribution >= 0.6 is 43.5 Å². The quantitative estimate of drug-likeness (QED) is 0.159. The summed E-state index contributed by atoms with van der Waals surface area (Å²) in [6.45, 7) is 1.85. The van der Waals surface area contributed by atoms with E-state index in [2.05, 4.69) is 31.9 Å². The molecule has 4 aliphatic rings. The molecule has 1 saturated heterocycles. The van der Waals surface area contributed by atoms with Gasteiger partial charge in [0.1, 0.15) is 0 Å². The first-order valence-electron chi connectivity index (χ1n) is 17.0. The highest BCUT2D eigenvalue weighted by Gasteiger charge is 2.66. The number of nitrogens with zero attached hydrogens (tertiary/aromatic N) is 1. The van der Waals surface area contributed by atoms with Crippen LogP contribution < -0.4 is 9.64 Å². The Kier molecular flexibility index (Phi) is 8.67. The van der Waals surface area contributed by atoms with Crippen molar-refractivity contribution in [1.29, 1.82) is 0 Å². The molecule has 7 nitrogen and oxygen atoms in total. The number of phenolic OH excluding ortho intramolecular Hbond substituents is 1. The predicted octanol–water partition coefficient (Wildman–Crippen LogP) is 8.92. The second-order valence-corrected chi connectivity index (χ2v) is 15.9. The SMILES string of the molecule is COc1cc([C@H]2C3=CC[C@@H]4C(=O)N(c5ccc(C)c(Cl)c5)C(=O)[C@@H]4[C@@H]3C[C@H]3C(=O)C(c4ccccc4)=CC(=O)[C@@]23c2ccccc2)c(Br)c(Br)c1O. The number of hydrogen-bond donors (Lipinski definition) is 1. The fourth-order valence-electron chi connectivity index (χ4n) is 9.17. The van der Waals surface area contributed by atoms with E-state index >= 15 is 9.59 Å². The molecule has 2 fully saturated rings. The molecule has 1 N–H and O–H groups in total. The van der Waals surface area contributed by atoms with E-state index in [0.29, 0.717) is 41.9 Å². The highest BCUT2D eigenvalue weighted by atomic mass is 79.9. The van der Waals surface area contributed by atoms with Crippen LogP contribution in [0.25, 0.3) is 5.57 Å². The molecule has 1 saturated carbocycles. The Morgan fingerprint density at radius 2 is 1.58 bits per heavy atom. The van der Waals surface area contributed by atoms with Crippen LogP contribution in [0.1, 0.15) is 41.0 Å². The van der Waals surface area contributed by atoms with Crippen LogP contribution in [0.3, 0.4) is 0 Å². The van der Waals surface area contributed by atoms with E-state index in [1.54, 1.807) is 24.3 Å². The van der Waals surface area contributed by atoms with Gasteiger partial charge in [0, 0.05) is 26.9 Å². The van der Waals surface area contributed by atoms with Gasteiger partial charge in [-0.1, -0.05) is 90.0 Å². The molecule has 0 aromatic heterocycles. The molecule has 4 aromatic rings.